The number of aromatic nitrogens is 1. The Hall–Kier alpha value is -1.97. The van der Waals surface area contributed by atoms with Crippen molar-refractivity contribution in [2.24, 2.45) is 0 Å². The van der Waals surface area contributed by atoms with Crippen LogP contribution in [-0.4, -0.2) is 37.7 Å². The number of anilines is 2. The number of benzene rings is 1. The zero-order valence-corrected chi connectivity index (χ0v) is 13.7. The number of halogens is 1. The summed E-state index contributed by atoms with van der Waals surface area (Å²) in [5.41, 5.74) is 1.67. The zero-order chi connectivity index (χ0) is 15.5. The molecule has 2 aromatic rings. The Morgan fingerprint density at radius 3 is 2.41 bits per heavy atom. The molecule has 0 N–H and O–H groups in total. The Morgan fingerprint density at radius 2 is 1.82 bits per heavy atom. The third-order valence-electron chi connectivity index (χ3n) is 3.75. The van der Waals surface area contributed by atoms with Crippen LogP contribution in [0.2, 0.25) is 5.15 Å². The van der Waals surface area contributed by atoms with Crippen LogP contribution in [0.1, 0.15) is 5.56 Å². The van der Waals surface area contributed by atoms with Gasteiger partial charge >= 0.3 is 0 Å². The summed E-state index contributed by atoms with van der Waals surface area (Å²) >= 11 is 7.24. The number of hydrogen-bond donors (Lipinski definition) is 0. The second kappa shape index (κ2) is 6.42. The van der Waals surface area contributed by atoms with Gasteiger partial charge in [-0.15, -0.1) is 0 Å². The fraction of sp³-hybridized carbons (Fsp3) is 0.333. The highest BCUT2D eigenvalue weighted by atomic mass is 35.5. The fourth-order valence-corrected chi connectivity index (χ4v) is 3.61. The molecule has 5 nitrogen and oxygen atoms in total. The van der Waals surface area contributed by atoms with E-state index in [1.54, 1.807) is 7.11 Å². The molecule has 7 heteroatoms. The van der Waals surface area contributed by atoms with Crippen LogP contribution in [0.25, 0.3) is 0 Å². The molecule has 1 saturated heterocycles. The Morgan fingerprint density at radius 1 is 1.18 bits per heavy atom. The molecule has 22 heavy (non-hydrogen) atoms. The minimum absolute atomic E-state index is 0.306. The first-order chi connectivity index (χ1) is 10.7. The van der Waals surface area contributed by atoms with Crippen molar-refractivity contribution in [3.63, 3.8) is 0 Å². The van der Waals surface area contributed by atoms with Gasteiger partial charge in [0.25, 0.3) is 0 Å². The topological polar surface area (TPSA) is 52.4 Å². The van der Waals surface area contributed by atoms with Crippen LogP contribution >= 0.6 is 23.1 Å². The van der Waals surface area contributed by atoms with Gasteiger partial charge in [-0.3, -0.25) is 0 Å². The first kappa shape index (κ1) is 14.9. The van der Waals surface area contributed by atoms with Gasteiger partial charge in [-0.25, -0.2) is 0 Å². The summed E-state index contributed by atoms with van der Waals surface area (Å²) in [5, 5.41) is 10.4. The predicted molar refractivity (Wildman–Crippen MR) is 89.3 cm³/mol. The monoisotopic (exact) mass is 334 g/mol. The van der Waals surface area contributed by atoms with E-state index in [0.29, 0.717) is 10.7 Å². The molecule has 1 fully saturated rings. The van der Waals surface area contributed by atoms with Crippen LogP contribution < -0.4 is 14.5 Å². The highest BCUT2D eigenvalue weighted by molar-refractivity contribution is 7.10. The van der Waals surface area contributed by atoms with Crippen molar-refractivity contribution in [3.05, 3.63) is 35.0 Å². The molecule has 0 atom stereocenters. The van der Waals surface area contributed by atoms with Gasteiger partial charge in [-0.1, -0.05) is 11.6 Å². The largest absolute Gasteiger partial charge is 0.497 e. The molecule has 1 aliphatic heterocycles. The number of rotatable bonds is 3. The van der Waals surface area contributed by atoms with Crippen molar-refractivity contribution in [3.8, 4) is 11.8 Å². The van der Waals surface area contributed by atoms with Crippen LogP contribution in [-0.2, 0) is 0 Å². The minimum Gasteiger partial charge on any atom is -0.497 e. The van der Waals surface area contributed by atoms with Gasteiger partial charge in [0.2, 0.25) is 0 Å². The molecule has 0 aliphatic carbocycles. The van der Waals surface area contributed by atoms with Crippen LogP contribution in [0.3, 0.4) is 0 Å². The summed E-state index contributed by atoms with van der Waals surface area (Å²) in [6.45, 7) is 3.48. The number of hydrogen-bond acceptors (Lipinski definition) is 6. The first-order valence-electron chi connectivity index (χ1n) is 6.92. The van der Waals surface area contributed by atoms with Gasteiger partial charge in [0.1, 0.15) is 22.4 Å². The van der Waals surface area contributed by atoms with Crippen molar-refractivity contribution in [1.82, 2.24) is 4.37 Å². The van der Waals surface area contributed by atoms with E-state index in [1.165, 1.54) is 17.2 Å². The van der Waals surface area contributed by atoms with E-state index < -0.39 is 0 Å². The molecule has 1 aliphatic rings. The third kappa shape index (κ3) is 2.82. The molecule has 114 valence electrons. The van der Waals surface area contributed by atoms with Crippen LogP contribution in [0.15, 0.2) is 24.3 Å². The molecule has 3 rings (SSSR count). The molecule has 0 radical (unpaired) electrons. The number of piperazine rings is 1. The normalized spacial score (nSPS) is 14.8. The zero-order valence-electron chi connectivity index (χ0n) is 12.1. The van der Waals surface area contributed by atoms with Crippen LogP contribution in [0.5, 0.6) is 5.75 Å². The molecule has 0 amide bonds. The van der Waals surface area contributed by atoms with Crippen molar-refractivity contribution in [1.29, 1.82) is 5.26 Å². The lowest BCUT2D eigenvalue weighted by atomic mass is 10.2. The first-order valence-corrected chi connectivity index (χ1v) is 8.07. The average molecular weight is 335 g/mol. The molecular formula is C15H15ClN4OS. The second-order valence-corrected chi connectivity index (χ2v) is 6.05. The van der Waals surface area contributed by atoms with E-state index >= 15 is 0 Å². The van der Waals surface area contributed by atoms with E-state index in [2.05, 4.69) is 32.4 Å². The van der Waals surface area contributed by atoms with Crippen molar-refractivity contribution in [2.75, 3.05) is 43.1 Å². The Kier molecular flexibility index (Phi) is 4.36. The maximum absolute atomic E-state index is 9.18. The van der Waals surface area contributed by atoms with Gasteiger partial charge < -0.3 is 14.5 Å². The van der Waals surface area contributed by atoms with Gasteiger partial charge in [0, 0.05) is 31.9 Å². The van der Waals surface area contributed by atoms with Crippen molar-refractivity contribution < 1.29 is 4.74 Å². The average Bonchev–Trinajstić information content (AvgIpc) is 2.96. The SMILES string of the molecule is COc1ccc(N2CCN(c3snc(Cl)c3C#N)CC2)cc1. The van der Waals surface area contributed by atoms with E-state index in [0.717, 1.165) is 36.9 Å². The van der Waals surface area contributed by atoms with Gasteiger partial charge in [0.05, 0.1) is 7.11 Å². The number of methoxy groups -OCH3 is 1. The third-order valence-corrected chi connectivity index (χ3v) is 5.03. The van der Waals surface area contributed by atoms with Gasteiger partial charge in [-0.2, -0.15) is 9.64 Å². The summed E-state index contributed by atoms with van der Waals surface area (Å²) in [4.78, 5) is 4.51. The standard InChI is InChI=1S/C15H15ClN4OS/c1-21-12-4-2-11(3-5-12)19-6-8-20(9-7-19)15-13(10-17)14(16)18-22-15/h2-5H,6-9H2,1H3. The summed E-state index contributed by atoms with van der Waals surface area (Å²) in [5.74, 6) is 0.861. The number of nitrogens with zero attached hydrogens (tertiary/aromatic N) is 4. The van der Waals surface area contributed by atoms with Crippen LogP contribution in [0, 0.1) is 11.3 Å². The Labute approximate surface area is 138 Å². The van der Waals surface area contributed by atoms with Crippen molar-refractivity contribution in [2.45, 2.75) is 0 Å². The summed E-state index contributed by atoms with van der Waals surface area (Å²) in [6.07, 6.45) is 0. The molecule has 2 heterocycles. The van der Waals surface area contributed by atoms with Gasteiger partial charge in [-0.05, 0) is 35.8 Å². The van der Waals surface area contributed by atoms with Crippen LogP contribution in [0.4, 0.5) is 10.7 Å². The molecule has 0 spiro atoms. The lowest BCUT2D eigenvalue weighted by molar-refractivity contribution is 0.415. The number of ether oxygens (including phenoxy) is 1. The quantitative estimate of drug-likeness (QED) is 0.863. The number of nitriles is 1. The van der Waals surface area contributed by atoms with E-state index in [-0.39, 0.29) is 0 Å². The molecule has 0 bridgehead atoms. The second-order valence-electron chi connectivity index (χ2n) is 4.94. The molecular weight excluding hydrogens is 320 g/mol. The molecule has 0 unspecified atom stereocenters. The van der Waals surface area contributed by atoms with Gasteiger partial charge in [0.15, 0.2) is 5.15 Å². The van der Waals surface area contributed by atoms with Crippen molar-refractivity contribution >= 4 is 33.8 Å². The smallest absolute Gasteiger partial charge is 0.162 e. The lowest BCUT2D eigenvalue weighted by Crippen LogP contribution is -2.46. The maximum atomic E-state index is 9.18. The fourth-order valence-electron chi connectivity index (χ4n) is 2.53. The highest BCUT2D eigenvalue weighted by Gasteiger charge is 2.23. The maximum Gasteiger partial charge on any atom is 0.162 e. The minimum atomic E-state index is 0.306. The summed E-state index contributed by atoms with van der Waals surface area (Å²) < 4.78 is 9.26. The predicted octanol–water partition coefficient (Wildman–Crippen LogP) is 3.00. The van der Waals surface area contributed by atoms with E-state index in [1.807, 2.05) is 12.1 Å². The molecule has 0 saturated carbocycles. The molecule has 1 aromatic carbocycles. The molecule has 1 aromatic heterocycles. The Bertz CT molecular complexity index is 687. The highest BCUT2D eigenvalue weighted by Crippen LogP contribution is 2.32. The van der Waals surface area contributed by atoms with E-state index in [9.17, 15) is 5.26 Å². The summed E-state index contributed by atoms with van der Waals surface area (Å²) in [6, 6.07) is 10.2. The van der Waals surface area contributed by atoms with E-state index in [4.69, 9.17) is 16.3 Å². The lowest BCUT2D eigenvalue weighted by Gasteiger charge is -2.36. The summed E-state index contributed by atoms with van der Waals surface area (Å²) in [7, 11) is 1.67. The Balaban J connectivity index is 1.68.